The largest absolute Gasteiger partial charge is 0.508 e. The summed E-state index contributed by atoms with van der Waals surface area (Å²) in [7, 11) is 0. The molecule has 8 nitrogen and oxygen atoms in total. The number of nitrogens with zero attached hydrogens (tertiary/aromatic N) is 2. The van der Waals surface area contributed by atoms with Gasteiger partial charge in [0.15, 0.2) is 0 Å². The van der Waals surface area contributed by atoms with Crippen molar-refractivity contribution in [3.8, 4) is 17.2 Å². The highest BCUT2D eigenvalue weighted by molar-refractivity contribution is 5.85. The van der Waals surface area contributed by atoms with Crippen molar-refractivity contribution in [2.24, 2.45) is 0 Å². The fourth-order valence-corrected chi connectivity index (χ4v) is 2.92. The number of aromatic nitrogens is 2. The molecule has 9 heteroatoms. The SMILES string of the molecule is Cc1nonc1COc1ccc(C[C@@H](C)NC[C@H](O)c2cc(O)cc(O)c2)cc1.Cl. The molecule has 0 amide bonds. The summed E-state index contributed by atoms with van der Waals surface area (Å²) < 4.78 is 10.3. The van der Waals surface area contributed by atoms with Gasteiger partial charge in [-0.15, -0.1) is 12.4 Å². The minimum absolute atomic E-state index is 0. The topological polar surface area (TPSA) is 121 Å². The fourth-order valence-electron chi connectivity index (χ4n) is 2.92. The van der Waals surface area contributed by atoms with Crippen LogP contribution < -0.4 is 10.1 Å². The number of phenols is 2. The number of benzene rings is 2. The van der Waals surface area contributed by atoms with Crippen LogP contribution in [0.2, 0.25) is 0 Å². The molecule has 4 N–H and O–H groups in total. The normalized spacial score (nSPS) is 12.8. The molecule has 0 unspecified atom stereocenters. The summed E-state index contributed by atoms with van der Waals surface area (Å²) in [5.74, 6) is 0.574. The molecule has 0 aliphatic rings. The van der Waals surface area contributed by atoms with E-state index in [1.54, 1.807) is 0 Å². The first kappa shape index (κ1) is 23.5. The first-order chi connectivity index (χ1) is 13.9. The van der Waals surface area contributed by atoms with Crippen LogP contribution in [0.15, 0.2) is 47.1 Å². The third-order valence-electron chi connectivity index (χ3n) is 4.56. The summed E-state index contributed by atoms with van der Waals surface area (Å²) in [6, 6.07) is 12.0. The summed E-state index contributed by atoms with van der Waals surface area (Å²) >= 11 is 0. The van der Waals surface area contributed by atoms with Crippen LogP contribution in [0.5, 0.6) is 17.2 Å². The number of aliphatic hydroxyl groups excluding tert-OH is 1. The van der Waals surface area contributed by atoms with Gasteiger partial charge >= 0.3 is 0 Å². The summed E-state index contributed by atoms with van der Waals surface area (Å²) in [4.78, 5) is 0. The van der Waals surface area contributed by atoms with Crippen molar-refractivity contribution in [2.45, 2.75) is 39.0 Å². The number of hydrogen-bond donors (Lipinski definition) is 4. The molecular weight excluding hydrogens is 410 g/mol. The molecule has 0 fully saturated rings. The Labute approximate surface area is 180 Å². The highest BCUT2D eigenvalue weighted by Gasteiger charge is 2.12. The molecule has 2 aromatic carbocycles. The van der Waals surface area contributed by atoms with E-state index < -0.39 is 6.10 Å². The van der Waals surface area contributed by atoms with Crippen molar-refractivity contribution in [3.63, 3.8) is 0 Å². The van der Waals surface area contributed by atoms with Gasteiger partial charge in [-0.3, -0.25) is 0 Å². The van der Waals surface area contributed by atoms with Crippen molar-refractivity contribution >= 4 is 12.4 Å². The second-order valence-corrected chi connectivity index (χ2v) is 7.04. The van der Waals surface area contributed by atoms with E-state index in [1.807, 2.05) is 38.1 Å². The maximum absolute atomic E-state index is 10.3. The lowest BCUT2D eigenvalue weighted by molar-refractivity contribution is 0.170. The third-order valence-corrected chi connectivity index (χ3v) is 4.56. The van der Waals surface area contributed by atoms with Gasteiger partial charge < -0.3 is 25.4 Å². The monoisotopic (exact) mass is 435 g/mol. The number of aromatic hydroxyl groups is 2. The minimum Gasteiger partial charge on any atom is -0.508 e. The highest BCUT2D eigenvalue weighted by atomic mass is 35.5. The number of halogens is 1. The number of rotatable bonds is 9. The lowest BCUT2D eigenvalue weighted by Gasteiger charge is -2.18. The third kappa shape index (κ3) is 6.62. The number of ether oxygens (including phenoxy) is 1. The molecule has 3 aromatic rings. The zero-order valence-electron chi connectivity index (χ0n) is 16.8. The lowest BCUT2D eigenvalue weighted by Crippen LogP contribution is -2.32. The molecule has 3 rings (SSSR count). The van der Waals surface area contributed by atoms with Crippen molar-refractivity contribution < 1.29 is 24.7 Å². The van der Waals surface area contributed by atoms with Gasteiger partial charge in [0, 0.05) is 18.7 Å². The van der Waals surface area contributed by atoms with E-state index in [0.29, 0.717) is 30.1 Å². The number of nitrogens with one attached hydrogen (secondary N) is 1. The molecule has 0 saturated heterocycles. The van der Waals surface area contributed by atoms with Gasteiger partial charge in [-0.05, 0) is 55.7 Å². The van der Waals surface area contributed by atoms with Crippen LogP contribution in [-0.4, -0.2) is 38.2 Å². The summed E-state index contributed by atoms with van der Waals surface area (Å²) in [6.45, 7) is 4.44. The maximum Gasteiger partial charge on any atom is 0.145 e. The molecule has 0 radical (unpaired) electrons. The first-order valence-corrected chi connectivity index (χ1v) is 9.35. The Hall–Kier alpha value is -2.81. The van der Waals surface area contributed by atoms with Crippen molar-refractivity contribution in [3.05, 3.63) is 65.0 Å². The van der Waals surface area contributed by atoms with E-state index in [0.717, 1.165) is 17.7 Å². The van der Waals surface area contributed by atoms with Gasteiger partial charge in [-0.25, -0.2) is 4.63 Å². The Morgan fingerprint density at radius 2 is 1.73 bits per heavy atom. The Morgan fingerprint density at radius 3 is 2.33 bits per heavy atom. The molecule has 1 aromatic heterocycles. The van der Waals surface area contributed by atoms with Crippen LogP contribution in [0.4, 0.5) is 0 Å². The number of aliphatic hydroxyl groups is 1. The van der Waals surface area contributed by atoms with Gasteiger partial charge in [0.2, 0.25) is 0 Å². The van der Waals surface area contributed by atoms with E-state index in [-0.39, 0.29) is 29.9 Å². The molecule has 0 saturated carbocycles. The average molecular weight is 436 g/mol. The van der Waals surface area contributed by atoms with Gasteiger partial charge in [0.25, 0.3) is 0 Å². The van der Waals surface area contributed by atoms with Crippen LogP contribution >= 0.6 is 12.4 Å². The molecule has 30 heavy (non-hydrogen) atoms. The number of phenolic OH excluding ortho intramolecular Hbond substituents is 2. The average Bonchev–Trinajstić information content (AvgIpc) is 3.09. The van der Waals surface area contributed by atoms with E-state index >= 15 is 0 Å². The van der Waals surface area contributed by atoms with E-state index in [4.69, 9.17) is 4.74 Å². The number of hydrogen-bond acceptors (Lipinski definition) is 8. The molecule has 2 atom stereocenters. The van der Waals surface area contributed by atoms with Crippen molar-refractivity contribution in [2.75, 3.05) is 6.54 Å². The molecule has 0 spiro atoms. The van der Waals surface area contributed by atoms with Crippen LogP contribution in [0.25, 0.3) is 0 Å². The van der Waals surface area contributed by atoms with Crippen LogP contribution in [-0.2, 0) is 13.0 Å². The minimum atomic E-state index is -0.833. The van der Waals surface area contributed by atoms with Crippen LogP contribution in [0.3, 0.4) is 0 Å². The van der Waals surface area contributed by atoms with Gasteiger partial charge in [0.1, 0.15) is 35.2 Å². The van der Waals surface area contributed by atoms with Crippen molar-refractivity contribution in [1.82, 2.24) is 15.6 Å². The fraction of sp³-hybridized carbons (Fsp3) is 0.333. The summed E-state index contributed by atoms with van der Waals surface area (Å²) in [5.41, 5.74) is 2.97. The highest BCUT2D eigenvalue weighted by Crippen LogP contribution is 2.24. The van der Waals surface area contributed by atoms with Gasteiger partial charge in [0.05, 0.1) is 6.10 Å². The second-order valence-electron chi connectivity index (χ2n) is 7.04. The zero-order chi connectivity index (χ0) is 20.8. The number of aryl methyl sites for hydroxylation is 1. The smallest absolute Gasteiger partial charge is 0.145 e. The Balaban J connectivity index is 0.00000320. The first-order valence-electron chi connectivity index (χ1n) is 9.35. The van der Waals surface area contributed by atoms with Gasteiger partial charge in [-0.2, -0.15) is 0 Å². The quantitative estimate of drug-likeness (QED) is 0.404. The van der Waals surface area contributed by atoms with Crippen LogP contribution in [0.1, 0.15) is 35.5 Å². The molecule has 0 aliphatic heterocycles. The predicted octanol–water partition coefficient (Wildman–Crippen LogP) is 3.04. The Bertz CT molecular complexity index is 912. The summed E-state index contributed by atoms with van der Waals surface area (Å²) in [6.07, 6.45) is -0.0642. The summed E-state index contributed by atoms with van der Waals surface area (Å²) in [5, 5.41) is 40.1. The lowest BCUT2D eigenvalue weighted by atomic mass is 10.1. The molecule has 0 bridgehead atoms. The molecule has 0 aliphatic carbocycles. The van der Waals surface area contributed by atoms with E-state index in [1.165, 1.54) is 18.2 Å². The Kier molecular flexibility index (Phi) is 8.46. The standard InChI is InChI=1S/C21H25N3O5.ClH/c1-13(22-11-21(27)16-8-17(25)10-18(26)9-16)7-15-3-5-19(6-4-15)28-12-20-14(2)23-29-24-20;/h3-6,8-10,13,21-22,25-27H,7,11-12H2,1-2H3;1H/t13-,21+;/m1./s1. The molecular formula is C21H26ClN3O5. The van der Waals surface area contributed by atoms with Crippen molar-refractivity contribution in [1.29, 1.82) is 0 Å². The molecule has 162 valence electrons. The maximum atomic E-state index is 10.3. The van der Waals surface area contributed by atoms with E-state index in [9.17, 15) is 15.3 Å². The van der Waals surface area contributed by atoms with Crippen LogP contribution in [0, 0.1) is 6.92 Å². The molecule has 1 heterocycles. The van der Waals surface area contributed by atoms with E-state index in [2.05, 4.69) is 20.3 Å². The predicted molar refractivity (Wildman–Crippen MR) is 113 cm³/mol. The second kappa shape index (κ2) is 10.8. The van der Waals surface area contributed by atoms with Gasteiger partial charge in [-0.1, -0.05) is 22.4 Å². The Morgan fingerprint density at radius 1 is 1.07 bits per heavy atom. The zero-order valence-corrected chi connectivity index (χ0v) is 17.6.